The molecule has 0 spiro atoms. The lowest BCUT2D eigenvalue weighted by atomic mass is 9.93. The lowest BCUT2D eigenvalue weighted by Gasteiger charge is -2.27. The molecule has 5 N–H and O–H groups in total. The normalized spacial score (nSPS) is 14.5. The van der Waals surface area contributed by atoms with Gasteiger partial charge in [-0.1, -0.05) is 24.3 Å². The number of benzene rings is 2. The summed E-state index contributed by atoms with van der Waals surface area (Å²) < 4.78 is 100. The molecule has 202 valence electrons. The fourth-order valence-corrected chi connectivity index (χ4v) is 3.77. The molecule has 14 heteroatoms. The minimum Gasteiger partial charge on any atom is -0.493 e. The number of aliphatic hydroxyl groups excluding tert-OH is 1. The fraction of sp³-hybridized carbons (Fsp3) is 0.455. The van der Waals surface area contributed by atoms with Crippen molar-refractivity contribution in [1.29, 1.82) is 0 Å². The zero-order chi connectivity index (χ0) is 27.2. The Morgan fingerprint density at radius 2 is 1.56 bits per heavy atom. The van der Waals surface area contributed by atoms with Crippen molar-refractivity contribution in [3.05, 3.63) is 64.7 Å². The summed E-state index contributed by atoms with van der Waals surface area (Å²) in [6, 6.07) is 8.14. The summed E-state index contributed by atoms with van der Waals surface area (Å²) in [6.45, 7) is -1.72. The van der Waals surface area contributed by atoms with E-state index in [0.717, 1.165) is 18.2 Å². The third-order valence-electron chi connectivity index (χ3n) is 5.27. The van der Waals surface area contributed by atoms with E-state index < -0.39 is 55.8 Å². The first-order valence-corrected chi connectivity index (χ1v) is 12.1. The predicted octanol–water partition coefficient (Wildman–Crippen LogP) is 4.47. The lowest BCUT2D eigenvalue weighted by Crippen LogP contribution is -2.48. The minimum absolute atomic E-state index is 0.0110. The van der Waals surface area contributed by atoms with Gasteiger partial charge in [0, 0.05) is 0 Å². The van der Waals surface area contributed by atoms with Gasteiger partial charge in [0.2, 0.25) is 0 Å². The van der Waals surface area contributed by atoms with Crippen LogP contribution in [-0.4, -0.2) is 40.3 Å². The van der Waals surface area contributed by atoms with E-state index in [1.807, 2.05) is 0 Å². The SMILES string of the molecule is NC(CO)(CCc1ccc(OCCCc2ccccc2C(F)(F)F)c(C(F)(F)F)c1)COP(=O)(O)O. The molecule has 0 bridgehead atoms. The first kappa shape index (κ1) is 30.1. The van der Waals surface area contributed by atoms with Crippen LogP contribution in [0.1, 0.15) is 35.1 Å². The Bertz CT molecular complexity index is 1060. The molecule has 0 aliphatic carbocycles. The van der Waals surface area contributed by atoms with Crippen molar-refractivity contribution in [3.8, 4) is 5.75 Å². The highest BCUT2D eigenvalue weighted by atomic mass is 31.2. The van der Waals surface area contributed by atoms with Crippen molar-refractivity contribution in [2.75, 3.05) is 19.8 Å². The first-order valence-electron chi connectivity index (χ1n) is 10.6. The molecule has 0 fully saturated rings. The van der Waals surface area contributed by atoms with E-state index in [4.69, 9.17) is 20.3 Å². The summed E-state index contributed by atoms with van der Waals surface area (Å²) in [6.07, 6.45) is -9.59. The maximum absolute atomic E-state index is 13.6. The summed E-state index contributed by atoms with van der Waals surface area (Å²) in [5.41, 5.74) is 2.49. The van der Waals surface area contributed by atoms with Crippen LogP contribution < -0.4 is 10.5 Å². The van der Waals surface area contributed by atoms with Gasteiger partial charge in [-0.25, -0.2) is 4.57 Å². The molecule has 0 saturated heterocycles. The van der Waals surface area contributed by atoms with Crippen molar-refractivity contribution in [2.24, 2.45) is 5.73 Å². The topological polar surface area (TPSA) is 122 Å². The van der Waals surface area contributed by atoms with Gasteiger partial charge in [0.1, 0.15) is 5.75 Å². The third kappa shape index (κ3) is 9.38. The van der Waals surface area contributed by atoms with Gasteiger partial charge in [0.05, 0.1) is 36.5 Å². The zero-order valence-electron chi connectivity index (χ0n) is 18.8. The third-order valence-corrected chi connectivity index (χ3v) is 5.73. The molecule has 0 heterocycles. The molecule has 0 aromatic heterocycles. The van der Waals surface area contributed by atoms with Gasteiger partial charge in [-0.3, -0.25) is 4.52 Å². The second-order valence-corrected chi connectivity index (χ2v) is 9.46. The van der Waals surface area contributed by atoms with Crippen LogP contribution in [0.3, 0.4) is 0 Å². The highest BCUT2D eigenvalue weighted by molar-refractivity contribution is 7.46. The Morgan fingerprint density at radius 3 is 2.14 bits per heavy atom. The minimum atomic E-state index is -4.86. The molecule has 2 rings (SSSR count). The number of alkyl halides is 6. The van der Waals surface area contributed by atoms with Crippen LogP contribution in [0.5, 0.6) is 5.75 Å². The van der Waals surface area contributed by atoms with Gasteiger partial charge in [-0.15, -0.1) is 0 Å². The van der Waals surface area contributed by atoms with Crippen LogP contribution in [0, 0.1) is 0 Å². The van der Waals surface area contributed by atoms with E-state index in [9.17, 15) is 36.0 Å². The maximum Gasteiger partial charge on any atom is 0.469 e. The second-order valence-electron chi connectivity index (χ2n) is 8.22. The van der Waals surface area contributed by atoms with Crippen LogP contribution in [-0.2, 0) is 34.3 Å². The summed E-state index contributed by atoms with van der Waals surface area (Å²) >= 11 is 0. The van der Waals surface area contributed by atoms with Crippen molar-refractivity contribution in [1.82, 2.24) is 0 Å². The molecule has 2 aromatic rings. The molecule has 0 aliphatic heterocycles. The largest absolute Gasteiger partial charge is 0.493 e. The summed E-state index contributed by atoms with van der Waals surface area (Å²) in [4.78, 5) is 17.6. The number of aryl methyl sites for hydroxylation is 2. The number of phosphoric ester groups is 1. The first-order chi connectivity index (χ1) is 16.5. The van der Waals surface area contributed by atoms with Crippen molar-refractivity contribution >= 4 is 7.82 Å². The van der Waals surface area contributed by atoms with Gasteiger partial charge in [-0.05, 0) is 55.0 Å². The average Bonchev–Trinajstić information content (AvgIpc) is 2.78. The summed E-state index contributed by atoms with van der Waals surface area (Å²) in [7, 11) is -4.86. The molecule has 1 unspecified atom stereocenters. The van der Waals surface area contributed by atoms with E-state index in [0.29, 0.717) is 0 Å². The van der Waals surface area contributed by atoms with Crippen molar-refractivity contribution < 1.29 is 55.1 Å². The molecule has 0 amide bonds. The Hall–Kier alpha value is -2.15. The average molecular weight is 545 g/mol. The van der Waals surface area contributed by atoms with Gasteiger partial charge in [-0.2, -0.15) is 26.3 Å². The lowest BCUT2D eigenvalue weighted by molar-refractivity contribution is -0.139. The molecule has 1 atom stereocenters. The Balaban J connectivity index is 2.06. The number of phosphoric acid groups is 1. The van der Waals surface area contributed by atoms with E-state index in [1.165, 1.54) is 24.3 Å². The Morgan fingerprint density at radius 1 is 0.917 bits per heavy atom. The number of nitrogens with two attached hydrogens (primary N) is 1. The monoisotopic (exact) mass is 545 g/mol. The van der Waals surface area contributed by atoms with Crippen molar-refractivity contribution in [3.63, 3.8) is 0 Å². The molecule has 2 aromatic carbocycles. The zero-order valence-corrected chi connectivity index (χ0v) is 19.7. The quantitative estimate of drug-likeness (QED) is 0.176. The summed E-state index contributed by atoms with van der Waals surface area (Å²) in [5.74, 6) is -0.499. The summed E-state index contributed by atoms with van der Waals surface area (Å²) in [5, 5.41) is 9.43. The number of halogens is 6. The van der Waals surface area contributed by atoms with Crippen LogP contribution in [0.15, 0.2) is 42.5 Å². The van der Waals surface area contributed by atoms with E-state index in [1.54, 1.807) is 0 Å². The van der Waals surface area contributed by atoms with Crippen LogP contribution in [0.2, 0.25) is 0 Å². The number of hydrogen-bond donors (Lipinski definition) is 4. The van der Waals surface area contributed by atoms with Crippen molar-refractivity contribution in [2.45, 2.75) is 43.6 Å². The van der Waals surface area contributed by atoms with Crippen LogP contribution >= 0.6 is 7.82 Å². The molecule has 7 nitrogen and oxygen atoms in total. The van der Waals surface area contributed by atoms with E-state index >= 15 is 0 Å². The van der Waals surface area contributed by atoms with Gasteiger partial charge in [0.25, 0.3) is 0 Å². The molecular formula is C22H26F6NO6P. The van der Waals surface area contributed by atoms with Gasteiger partial charge in [0.15, 0.2) is 0 Å². The number of aliphatic hydroxyl groups is 1. The van der Waals surface area contributed by atoms with E-state index in [-0.39, 0.29) is 43.4 Å². The fourth-order valence-electron chi connectivity index (χ4n) is 3.34. The van der Waals surface area contributed by atoms with E-state index in [2.05, 4.69) is 4.52 Å². The standard InChI is InChI=1S/C22H26F6NO6P/c23-21(24,25)17-6-2-1-4-16(17)5-3-11-34-19-8-7-15(12-18(19)22(26,27)28)9-10-20(29,13-30)14-35-36(31,32)33/h1-2,4,6-8,12,30H,3,5,9-11,13-14,29H2,(H2,31,32,33). The van der Waals surface area contributed by atoms with Crippen LogP contribution in [0.25, 0.3) is 0 Å². The molecule has 0 radical (unpaired) electrons. The van der Waals surface area contributed by atoms with Gasteiger partial charge >= 0.3 is 20.2 Å². The Labute approximate surface area is 203 Å². The van der Waals surface area contributed by atoms with Crippen LogP contribution in [0.4, 0.5) is 26.3 Å². The molecule has 0 saturated carbocycles. The number of ether oxygens (including phenoxy) is 1. The highest BCUT2D eigenvalue weighted by Gasteiger charge is 2.36. The molecule has 36 heavy (non-hydrogen) atoms. The second kappa shape index (κ2) is 11.9. The number of hydrogen-bond acceptors (Lipinski definition) is 5. The smallest absolute Gasteiger partial charge is 0.469 e. The highest BCUT2D eigenvalue weighted by Crippen LogP contribution is 2.39. The molecule has 0 aliphatic rings. The maximum atomic E-state index is 13.6. The molecular weight excluding hydrogens is 519 g/mol. The van der Waals surface area contributed by atoms with Gasteiger partial charge < -0.3 is 25.4 Å². The predicted molar refractivity (Wildman–Crippen MR) is 117 cm³/mol. The Kier molecular flexibility index (Phi) is 9.97. The number of rotatable bonds is 12.